The van der Waals surface area contributed by atoms with Gasteiger partial charge in [0.25, 0.3) is 0 Å². The lowest BCUT2D eigenvalue weighted by molar-refractivity contribution is 0.410. The fraction of sp³-hybridized carbons (Fsp3) is 0.0909. The van der Waals surface area contributed by atoms with Crippen LogP contribution < -0.4 is 9.47 Å². The van der Waals surface area contributed by atoms with E-state index in [0.29, 0.717) is 0 Å². The molecule has 4 aromatic carbocycles. The average molecular weight is 314 g/mol. The van der Waals surface area contributed by atoms with E-state index in [-0.39, 0.29) is 0 Å². The maximum atomic E-state index is 5.64. The van der Waals surface area contributed by atoms with Crippen LogP contribution in [0.2, 0.25) is 0 Å². The second kappa shape index (κ2) is 5.57. The molecule has 0 unspecified atom stereocenters. The van der Waals surface area contributed by atoms with Crippen molar-refractivity contribution in [1.29, 1.82) is 0 Å². The quantitative estimate of drug-likeness (QED) is 0.444. The number of methoxy groups -OCH3 is 2. The highest BCUT2D eigenvalue weighted by Crippen LogP contribution is 2.41. The van der Waals surface area contributed by atoms with Crippen LogP contribution in [0.25, 0.3) is 38.4 Å². The van der Waals surface area contributed by atoms with E-state index in [0.717, 1.165) is 33.2 Å². The van der Waals surface area contributed by atoms with Gasteiger partial charge in [-0.1, -0.05) is 43.0 Å². The van der Waals surface area contributed by atoms with Crippen molar-refractivity contribution >= 4 is 38.4 Å². The number of ether oxygens (including phenoxy) is 2. The molecular formula is C22H18O2. The fourth-order valence-electron chi connectivity index (χ4n) is 3.52. The molecule has 118 valence electrons. The van der Waals surface area contributed by atoms with Gasteiger partial charge in [-0.15, -0.1) is 0 Å². The molecule has 2 heteroatoms. The largest absolute Gasteiger partial charge is 0.496 e. The second-order valence-corrected chi connectivity index (χ2v) is 5.77. The predicted octanol–water partition coefficient (Wildman–Crippen LogP) is 5.81. The van der Waals surface area contributed by atoms with Crippen LogP contribution in [-0.2, 0) is 0 Å². The van der Waals surface area contributed by atoms with Gasteiger partial charge in [0.2, 0.25) is 0 Å². The number of hydrogen-bond donors (Lipinski definition) is 0. The van der Waals surface area contributed by atoms with Crippen LogP contribution in [-0.4, -0.2) is 14.2 Å². The van der Waals surface area contributed by atoms with Gasteiger partial charge >= 0.3 is 0 Å². The van der Waals surface area contributed by atoms with Crippen molar-refractivity contribution in [1.82, 2.24) is 0 Å². The normalized spacial score (nSPS) is 11.1. The van der Waals surface area contributed by atoms with E-state index in [9.17, 15) is 0 Å². The molecule has 4 rings (SSSR count). The summed E-state index contributed by atoms with van der Waals surface area (Å²) in [5.41, 5.74) is 1.12. The highest BCUT2D eigenvalue weighted by atomic mass is 16.5. The van der Waals surface area contributed by atoms with Gasteiger partial charge in [0.05, 0.1) is 14.2 Å². The minimum Gasteiger partial charge on any atom is -0.496 e. The zero-order chi connectivity index (χ0) is 16.7. The van der Waals surface area contributed by atoms with Crippen LogP contribution in [0.1, 0.15) is 5.56 Å². The lowest BCUT2D eigenvalue weighted by atomic mass is 9.93. The standard InChI is InChI=1S/C22H18O2/c1-4-14-13-19-17(16-8-6-5-7-15(14)16)9-10-18-20(23-2)11-12-21(24-3)22(18)19/h4-13H,1H2,2-3H3. The van der Waals surface area contributed by atoms with E-state index < -0.39 is 0 Å². The lowest BCUT2D eigenvalue weighted by Gasteiger charge is -2.14. The molecule has 4 aromatic rings. The third-order valence-electron chi connectivity index (χ3n) is 4.63. The van der Waals surface area contributed by atoms with Crippen molar-refractivity contribution in [3.63, 3.8) is 0 Å². The Labute approximate surface area is 140 Å². The van der Waals surface area contributed by atoms with Gasteiger partial charge in [-0.25, -0.2) is 0 Å². The van der Waals surface area contributed by atoms with E-state index in [2.05, 4.69) is 49.0 Å². The molecule has 0 aliphatic heterocycles. The zero-order valence-electron chi connectivity index (χ0n) is 13.8. The van der Waals surface area contributed by atoms with Gasteiger partial charge in [-0.2, -0.15) is 0 Å². The van der Waals surface area contributed by atoms with Crippen molar-refractivity contribution in [3.05, 3.63) is 66.7 Å². The van der Waals surface area contributed by atoms with Crippen LogP contribution in [0.4, 0.5) is 0 Å². The predicted molar refractivity (Wildman–Crippen MR) is 102 cm³/mol. The molecule has 0 fully saturated rings. The summed E-state index contributed by atoms with van der Waals surface area (Å²) < 4.78 is 11.2. The minimum absolute atomic E-state index is 0.848. The van der Waals surface area contributed by atoms with Crippen LogP contribution in [0, 0.1) is 0 Å². The summed E-state index contributed by atoms with van der Waals surface area (Å²) >= 11 is 0. The Morgan fingerprint density at radius 3 is 2.04 bits per heavy atom. The smallest absolute Gasteiger partial charge is 0.127 e. The maximum Gasteiger partial charge on any atom is 0.127 e. The molecule has 2 nitrogen and oxygen atoms in total. The molecule has 0 N–H and O–H groups in total. The average Bonchev–Trinajstić information content (AvgIpc) is 2.65. The molecular weight excluding hydrogens is 296 g/mol. The fourth-order valence-corrected chi connectivity index (χ4v) is 3.52. The van der Waals surface area contributed by atoms with Gasteiger partial charge < -0.3 is 9.47 Å². The van der Waals surface area contributed by atoms with Crippen molar-refractivity contribution in [2.24, 2.45) is 0 Å². The highest BCUT2D eigenvalue weighted by molar-refractivity contribution is 6.21. The van der Waals surface area contributed by atoms with Crippen LogP contribution >= 0.6 is 0 Å². The molecule has 0 spiro atoms. The number of benzene rings is 4. The van der Waals surface area contributed by atoms with Crippen molar-refractivity contribution in [2.45, 2.75) is 0 Å². The van der Waals surface area contributed by atoms with Crippen molar-refractivity contribution in [2.75, 3.05) is 14.2 Å². The molecule has 0 atom stereocenters. The Morgan fingerprint density at radius 1 is 0.708 bits per heavy atom. The van der Waals surface area contributed by atoms with E-state index in [1.54, 1.807) is 14.2 Å². The molecule has 0 aliphatic rings. The summed E-state index contributed by atoms with van der Waals surface area (Å²) in [6.45, 7) is 3.99. The monoisotopic (exact) mass is 314 g/mol. The van der Waals surface area contributed by atoms with Crippen LogP contribution in [0.3, 0.4) is 0 Å². The Bertz CT molecular complexity index is 1090. The second-order valence-electron chi connectivity index (χ2n) is 5.77. The van der Waals surface area contributed by atoms with E-state index in [1.807, 2.05) is 18.2 Å². The SMILES string of the molecule is C=Cc1cc2c(ccc3c(OC)ccc(OC)c32)c2ccccc12. The first-order valence-electron chi connectivity index (χ1n) is 7.90. The van der Waals surface area contributed by atoms with Crippen molar-refractivity contribution in [3.8, 4) is 11.5 Å². The van der Waals surface area contributed by atoms with Gasteiger partial charge in [0, 0.05) is 10.8 Å². The van der Waals surface area contributed by atoms with E-state index in [4.69, 9.17) is 9.47 Å². The number of rotatable bonds is 3. The third kappa shape index (κ3) is 1.96. The summed E-state index contributed by atoms with van der Waals surface area (Å²) in [5, 5.41) is 6.91. The van der Waals surface area contributed by atoms with Gasteiger partial charge in [0.1, 0.15) is 11.5 Å². The molecule has 0 radical (unpaired) electrons. The summed E-state index contributed by atoms with van der Waals surface area (Å²) in [6.07, 6.45) is 1.91. The van der Waals surface area contributed by atoms with Crippen LogP contribution in [0.15, 0.2) is 61.2 Å². The molecule has 0 aromatic heterocycles. The molecule has 0 aliphatic carbocycles. The number of fused-ring (bicyclic) bond motifs is 5. The first-order valence-corrected chi connectivity index (χ1v) is 7.90. The Balaban J connectivity index is 2.30. The third-order valence-corrected chi connectivity index (χ3v) is 4.63. The first kappa shape index (κ1) is 14.6. The summed E-state index contributed by atoms with van der Waals surface area (Å²) in [4.78, 5) is 0. The van der Waals surface area contributed by atoms with E-state index >= 15 is 0 Å². The zero-order valence-corrected chi connectivity index (χ0v) is 13.8. The summed E-state index contributed by atoms with van der Waals surface area (Å²) in [6, 6.07) is 18.8. The van der Waals surface area contributed by atoms with Gasteiger partial charge in [0.15, 0.2) is 0 Å². The summed E-state index contributed by atoms with van der Waals surface area (Å²) in [5.74, 6) is 1.70. The van der Waals surface area contributed by atoms with Gasteiger partial charge in [-0.3, -0.25) is 0 Å². The topological polar surface area (TPSA) is 18.5 Å². The number of hydrogen-bond acceptors (Lipinski definition) is 2. The molecule has 0 bridgehead atoms. The first-order chi connectivity index (χ1) is 11.8. The molecule has 0 saturated carbocycles. The Kier molecular flexibility index (Phi) is 3.39. The molecule has 0 saturated heterocycles. The minimum atomic E-state index is 0.848. The van der Waals surface area contributed by atoms with Crippen LogP contribution in [0.5, 0.6) is 11.5 Å². The Morgan fingerprint density at radius 2 is 1.33 bits per heavy atom. The molecule has 0 heterocycles. The van der Waals surface area contributed by atoms with Crippen molar-refractivity contribution < 1.29 is 9.47 Å². The Hall–Kier alpha value is -3.00. The van der Waals surface area contributed by atoms with Gasteiger partial charge in [-0.05, 0) is 51.4 Å². The summed E-state index contributed by atoms with van der Waals surface area (Å²) in [7, 11) is 3.40. The lowest BCUT2D eigenvalue weighted by Crippen LogP contribution is -1.91. The maximum absolute atomic E-state index is 5.64. The molecule has 24 heavy (non-hydrogen) atoms. The molecule has 0 amide bonds. The van der Waals surface area contributed by atoms with E-state index in [1.165, 1.54) is 16.2 Å². The highest BCUT2D eigenvalue weighted by Gasteiger charge is 2.13.